The van der Waals surface area contributed by atoms with Gasteiger partial charge >= 0.3 is 0 Å². The molecule has 0 aromatic heterocycles. The molecule has 0 N–H and O–H groups in total. The minimum absolute atomic E-state index is 0.541. The van der Waals surface area contributed by atoms with Gasteiger partial charge in [-0.25, -0.2) is 0 Å². The zero-order chi connectivity index (χ0) is 9.78. The van der Waals surface area contributed by atoms with E-state index in [1.807, 2.05) is 0 Å². The first-order chi connectivity index (χ1) is 5.40. The molecule has 0 bridgehead atoms. The van der Waals surface area contributed by atoms with Gasteiger partial charge in [-0.15, -0.1) is 0 Å². The fourth-order valence-electron chi connectivity index (χ4n) is 1.46. The lowest BCUT2D eigenvalue weighted by molar-refractivity contribution is 0.192. The summed E-state index contributed by atoms with van der Waals surface area (Å²) >= 11 is 0. The van der Waals surface area contributed by atoms with Gasteiger partial charge in [-0.3, -0.25) is 0 Å². The normalized spacial score (nSPS) is 15.2. The first-order valence-corrected chi connectivity index (χ1v) is 5.40. The van der Waals surface area contributed by atoms with E-state index in [0.717, 1.165) is 11.8 Å². The summed E-state index contributed by atoms with van der Waals surface area (Å²) in [5, 5.41) is 0. The summed E-state index contributed by atoms with van der Waals surface area (Å²) in [7, 11) is 0. The molecule has 0 aromatic carbocycles. The van der Waals surface area contributed by atoms with E-state index in [2.05, 4.69) is 41.5 Å². The van der Waals surface area contributed by atoms with Gasteiger partial charge in [0.1, 0.15) is 0 Å². The van der Waals surface area contributed by atoms with Crippen molar-refractivity contribution in [2.24, 2.45) is 17.3 Å². The van der Waals surface area contributed by atoms with Gasteiger partial charge in [0.2, 0.25) is 0 Å². The summed E-state index contributed by atoms with van der Waals surface area (Å²) in [6.45, 7) is 14.1. The molecule has 0 aliphatic carbocycles. The van der Waals surface area contributed by atoms with Crippen LogP contribution >= 0.6 is 0 Å². The zero-order valence-corrected chi connectivity index (χ0v) is 9.78. The number of hydrogen-bond acceptors (Lipinski definition) is 0. The van der Waals surface area contributed by atoms with Gasteiger partial charge in [-0.1, -0.05) is 54.4 Å². The van der Waals surface area contributed by atoms with Crippen LogP contribution < -0.4 is 0 Å². The largest absolute Gasteiger partial charge is 0.0651 e. The van der Waals surface area contributed by atoms with Gasteiger partial charge in [0, 0.05) is 0 Å². The molecule has 0 aliphatic heterocycles. The summed E-state index contributed by atoms with van der Waals surface area (Å²) < 4.78 is 0. The second kappa shape index (κ2) is 4.89. The third-order valence-corrected chi connectivity index (χ3v) is 3.31. The number of hydrogen-bond donors (Lipinski definition) is 0. The maximum absolute atomic E-state index is 2.41. The van der Waals surface area contributed by atoms with Crippen LogP contribution in [0.15, 0.2) is 0 Å². The second-order valence-corrected chi connectivity index (χ2v) is 5.23. The molecule has 0 radical (unpaired) electrons. The lowest BCUT2D eigenvalue weighted by atomic mass is 9.74. The molecule has 0 heterocycles. The zero-order valence-electron chi connectivity index (χ0n) is 9.78. The average Bonchev–Trinajstić information content (AvgIpc) is 1.99. The molecule has 0 saturated carbocycles. The van der Waals surface area contributed by atoms with Crippen LogP contribution in [0.3, 0.4) is 0 Å². The fourth-order valence-corrected chi connectivity index (χ4v) is 1.46. The predicted molar refractivity (Wildman–Crippen MR) is 57.3 cm³/mol. The van der Waals surface area contributed by atoms with E-state index in [-0.39, 0.29) is 0 Å². The summed E-state index contributed by atoms with van der Waals surface area (Å²) in [6.07, 6.45) is 4.06. The van der Waals surface area contributed by atoms with E-state index in [0.29, 0.717) is 5.41 Å². The molecule has 0 nitrogen and oxygen atoms in total. The third-order valence-electron chi connectivity index (χ3n) is 3.31. The highest BCUT2D eigenvalue weighted by Gasteiger charge is 2.23. The number of rotatable bonds is 5. The molecule has 0 fully saturated rings. The summed E-state index contributed by atoms with van der Waals surface area (Å²) in [5.41, 5.74) is 0.541. The van der Waals surface area contributed by atoms with Gasteiger partial charge < -0.3 is 0 Å². The average molecular weight is 170 g/mol. The van der Waals surface area contributed by atoms with Crippen molar-refractivity contribution < 1.29 is 0 Å². The Kier molecular flexibility index (Phi) is 4.89. The summed E-state index contributed by atoms with van der Waals surface area (Å²) in [4.78, 5) is 0. The van der Waals surface area contributed by atoms with Crippen LogP contribution in [0.2, 0.25) is 0 Å². The van der Waals surface area contributed by atoms with Crippen molar-refractivity contribution in [2.45, 2.75) is 60.8 Å². The lowest BCUT2D eigenvalue weighted by Crippen LogP contribution is -2.21. The molecular weight excluding hydrogens is 144 g/mol. The molecule has 1 atom stereocenters. The quantitative estimate of drug-likeness (QED) is 0.570. The lowest BCUT2D eigenvalue weighted by Gasteiger charge is -2.31. The molecule has 0 heteroatoms. The third kappa shape index (κ3) is 4.13. The Morgan fingerprint density at radius 2 is 1.58 bits per heavy atom. The Balaban J connectivity index is 3.86. The molecule has 0 aliphatic rings. The SMILES string of the molecule is CCC(C)C(C)(C)CCC(C)C. The standard InChI is InChI=1S/C12H26/c1-7-11(4)12(5,6)9-8-10(2)3/h10-11H,7-9H2,1-6H3. The van der Waals surface area contributed by atoms with E-state index < -0.39 is 0 Å². The molecule has 0 rings (SSSR count). The van der Waals surface area contributed by atoms with Crippen molar-refractivity contribution in [3.05, 3.63) is 0 Å². The predicted octanol–water partition coefficient (Wildman–Crippen LogP) is 4.49. The Morgan fingerprint density at radius 1 is 1.08 bits per heavy atom. The Labute approximate surface area is 78.8 Å². The molecule has 1 unspecified atom stereocenters. The highest BCUT2D eigenvalue weighted by atomic mass is 14.3. The van der Waals surface area contributed by atoms with Crippen LogP contribution in [0.4, 0.5) is 0 Å². The Morgan fingerprint density at radius 3 is 1.92 bits per heavy atom. The molecule has 0 aromatic rings. The van der Waals surface area contributed by atoms with Crippen molar-refractivity contribution >= 4 is 0 Å². The van der Waals surface area contributed by atoms with Crippen molar-refractivity contribution in [1.82, 2.24) is 0 Å². The minimum Gasteiger partial charge on any atom is -0.0651 e. The van der Waals surface area contributed by atoms with Gasteiger partial charge in [0.25, 0.3) is 0 Å². The van der Waals surface area contributed by atoms with E-state index in [1.54, 1.807) is 0 Å². The molecule has 74 valence electrons. The van der Waals surface area contributed by atoms with E-state index in [1.165, 1.54) is 19.3 Å². The van der Waals surface area contributed by atoms with Crippen LogP contribution in [0.5, 0.6) is 0 Å². The minimum atomic E-state index is 0.541. The van der Waals surface area contributed by atoms with Gasteiger partial charge in [0.15, 0.2) is 0 Å². The highest BCUT2D eigenvalue weighted by molar-refractivity contribution is 4.74. The van der Waals surface area contributed by atoms with Crippen LogP contribution in [0, 0.1) is 17.3 Å². The van der Waals surface area contributed by atoms with Crippen LogP contribution in [-0.4, -0.2) is 0 Å². The van der Waals surface area contributed by atoms with Crippen molar-refractivity contribution in [2.75, 3.05) is 0 Å². The van der Waals surface area contributed by atoms with Crippen molar-refractivity contribution in [3.63, 3.8) is 0 Å². The highest BCUT2D eigenvalue weighted by Crippen LogP contribution is 2.34. The first-order valence-electron chi connectivity index (χ1n) is 5.40. The van der Waals surface area contributed by atoms with E-state index in [9.17, 15) is 0 Å². The van der Waals surface area contributed by atoms with Crippen molar-refractivity contribution in [1.29, 1.82) is 0 Å². The van der Waals surface area contributed by atoms with Gasteiger partial charge in [-0.2, -0.15) is 0 Å². The van der Waals surface area contributed by atoms with Gasteiger partial charge in [-0.05, 0) is 23.7 Å². The molecular formula is C12H26. The van der Waals surface area contributed by atoms with Crippen LogP contribution in [0.25, 0.3) is 0 Å². The second-order valence-electron chi connectivity index (χ2n) is 5.23. The maximum atomic E-state index is 2.41. The summed E-state index contributed by atoms with van der Waals surface area (Å²) in [6, 6.07) is 0. The van der Waals surface area contributed by atoms with E-state index >= 15 is 0 Å². The topological polar surface area (TPSA) is 0 Å². The van der Waals surface area contributed by atoms with Crippen molar-refractivity contribution in [3.8, 4) is 0 Å². The van der Waals surface area contributed by atoms with Gasteiger partial charge in [0.05, 0.1) is 0 Å². The fraction of sp³-hybridized carbons (Fsp3) is 1.00. The Hall–Kier alpha value is 0. The monoisotopic (exact) mass is 170 g/mol. The first kappa shape index (κ1) is 12.0. The molecule has 0 saturated heterocycles. The molecule has 0 spiro atoms. The summed E-state index contributed by atoms with van der Waals surface area (Å²) in [5.74, 6) is 1.71. The maximum Gasteiger partial charge on any atom is -0.0329 e. The van der Waals surface area contributed by atoms with E-state index in [4.69, 9.17) is 0 Å². The molecule has 0 amide bonds. The van der Waals surface area contributed by atoms with Crippen LogP contribution in [0.1, 0.15) is 60.8 Å². The smallest absolute Gasteiger partial charge is 0.0329 e. The van der Waals surface area contributed by atoms with Crippen LogP contribution in [-0.2, 0) is 0 Å². The Bertz CT molecular complexity index is 111. The molecule has 12 heavy (non-hydrogen) atoms.